The van der Waals surface area contributed by atoms with Crippen molar-refractivity contribution in [1.29, 1.82) is 5.26 Å². The van der Waals surface area contributed by atoms with Crippen molar-refractivity contribution in [3.05, 3.63) is 82.1 Å². The van der Waals surface area contributed by atoms with Crippen LogP contribution >= 0.6 is 15.9 Å². The molecule has 0 aliphatic heterocycles. The Morgan fingerprint density at radius 2 is 1.92 bits per heavy atom. The van der Waals surface area contributed by atoms with Crippen LogP contribution in [0.15, 0.2) is 70.5 Å². The van der Waals surface area contributed by atoms with Gasteiger partial charge in [0.15, 0.2) is 0 Å². The Labute approximate surface area is 152 Å². The molecule has 2 aromatic carbocycles. The fraction of sp³-hybridized carbons (Fsp3) is 0. The Morgan fingerprint density at radius 1 is 1.20 bits per heavy atom. The van der Waals surface area contributed by atoms with Gasteiger partial charge in [-0.1, -0.05) is 28.1 Å². The number of nitrogens with zero attached hydrogens (tertiary/aromatic N) is 4. The Morgan fingerprint density at radius 3 is 2.60 bits per heavy atom. The van der Waals surface area contributed by atoms with E-state index in [4.69, 9.17) is 5.26 Å². The highest BCUT2D eigenvalue weighted by molar-refractivity contribution is 9.10. The Hall–Kier alpha value is -3.24. The minimum Gasteiger partial charge on any atom is -0.267 e. The van der Waals surface area contributed by atoms with Gasteiger partial charge in [-0.2, -0.15) is 15.5 Å². The standard InChI is InChI=1S/C18H12BrN5O/c19-16-5-7-17(8-6-16)24-12-15(11-22-24)18(25)23-21-10-14-3-1-13(9-20)2-4-14/h1-8,10-12H,(H,23,25)/b21-10-. The van der Waals surface area contributed by atoms with Crippen molar-refractivity contribution in [1.82, 2.24) is 15.2 Å². The van der Waals surface area contributed by atoms with Crippen LogP contribution in [-0.4, -0.2) is 21.9 Å². The topological polar surface area (TPSA) is 83.1 Å². The molecule has 0 spiro atoms. The van der Waals surface area contributed by atoms with Gasteiger partial charge in [-0.25, -0.2) is 10.1 Å². The first-order valence-corrected chi connectivity index (χ1v) is 8.09. The summed E-state index contributed by atoms with van der Waals surface area (Å²) in [6.07, 6.45) is 4.63. The first kappa shape index (κ1) is 16.6. The maximum atomic E-state index is 12.1. The summed E-state index contributed by atoms with van der Waals surface area (Å²) >= 11 is 3.38. The van der Waals surface area contributed by atoms with Crippen molar-refractivity contribution < 1.29 is 4.79 Å². The van der Waals surface area contributed by atoms with Crippen LogP contribution in [0.1, 0.15) is 21.5 Å². The zero-order valence-electron chi connectivity index (χ0n) is 12.9. The minimum absolute atomic E-state index is 0.353. The summed E-state index contributed by atoms with van der Waals surface area (Å²) in [5.74, 6) is -0.353. The van der Waals surface area contributed by atoms with Crippen molar-refractivity contribution in [3.8, 4) is 11.8 Å². The quantitative estimate of drug-likeness (QED) is 0.545. The van der Waals surface area contributed by atoms with Crippen LogP contribution in [0.2, 0.25) is 0 Å². The van der Waals surface area contributed by atoms with Crippen LogP contribution in [0.3, 0.4) is 0 Å². The van der Waals surface area contributed by atoms with E-state index in [1.165, 1.54) is 12.4 Å². The summed E-state index contributed by atoms with van der Waals surface area (Å²) in [5, 5.41) is 16.8. The molecule has 7 heteroatoms. The number of nitriles is 1. The number of hydrogen-bond acceptors (Lipinski definition) is 4. The highest BCUT2D eigenvalue weighted by atomic mass is 79.9. The molecule has 0 radical (unpaired) electrons. The van der Waals surface area contributed by atoms with Gasteiger partial charge >= 0.3 is 0 Å². The lowest BCUT2D eigenvalue weighted by molar-refractivity contribution is 0.0955. The molecule has 122 valence electrons. The SMILES string of the molecule is N#Cc1ccc(/C=N\NC(=O)c2cnn(-c3ccc(Br)cc3)c2)cc1. The van der Waals surface area contributed by atoms with Crippen LogP contribution in [-0.2, 0) is 0 Å². The number of benzene rings is 2. The summed E-state index contributed by atoms with van der Waals surface area (Å²) in [4.78, 5) is 12.1. The molecule has 0 saturated carbocycles. The van der Waals surface area contributed by atoms with Crippen molar-refractivity contribution in [2.75, 3.05) is 0 Å². The second kappa shape index (κ2) is 7.55. The zero-order valence-corrected chi connectivity index (χ0v) is 14.5. The van der Waals surface area contributed by atoms with Crippen LogP contribution in [0.4, 0.5) is 0 Å². The molecule has 1 heterocycles. The number of hydrazone groups is 1. The molecule has 1 aromatic heterocycles. The monoisotopic (exact) mass is 393 g/mol. The van der Waals surface area contributed by atoms with E-state index in [1.807, 2.05) is 30.3 Å². The Bertz CT molecular complexity index is 952. The van der Waals surface area contributed by atoms with Gasteiger partial charge in [0.1, 0.15) is 0 Å². The summed E-state index contributed by atoms with van der Waals surface area (Å²) in [6.45, 7) is 0. The maximum absolute atomic E-state index is 12.1. The normalized spacial score (nSPS) is 10.6. The van der Waals surface area contributed by atoms with Crippen molar-refractivity contribution >= 4 is 28.1 Å². The van der Waals surface area contributed by atoms with Crippen LogP contribution in [0.5, 0.6) is 0 Å². The van der Waals surface area contributed by atoms with E-state index >= 15 is 0 Å². The second-order valence-electron chi connectivity index (χ2n) is 5.08. The van der Waals surface area contributed by atoms with E-state index in [-0.39, 0.29) is 5.91 Å². The van der Waals surface area contributed by atoms with Gasteiger partial charge in [-0.3, -0.25) is 4.79 Å². The lowest BCUT2D eigenvalue weighted by atomic mass is 10.2. The lowest BCUT2D eigenvalue weighted by Crippen LogP contribution is -2.16. The predicted molar refractivity (Wildman–Crippen MR) is 97.5 cm³/mol. The highest BCUT2D eigenvalue weighted by Gasteiger charge is 2.08. The van der Waals surface area contributed by atoms with E-state index in [1.54, 1.807) is 35.1 Å². The fourth-order valence-corrected chi connectivity index (χ4v) is 2.31. The number of halogens is 1. The van der Waals surface area contributed by atoms with Crippen molar-refractivity contribution in [2.45, 2.75) is 0 Å². The number of carbonyl (C=O) groups excluding carboxylic acids is 1. The molecule has 0 aliphatic carbocycles. The molecule has 0 bridgehead atoms. The molecule has 1 N–H and O–H groups in total. The molecule has 0 unspecified atom stereocenters. The first-order valence-electron chi connectivity index (χ1n) is 7.30. The van der Waals surface area contributed by atoms with Gasteiger partial charge in [0, 0.05) is 10.7 Å². The van der Waals surface area contributed by atoms with E-state index in [0.29, 0.717) is 11.1 Å². The van der Waals surface area contributed by atoms with Gasteiger partial charge in [0.05, 0.1) is 35.3 Å². The van der Waals surface area contributed by atoms with Crippen LogP contribution < -0.4 is 5.43 Å². The molecule has 0 atom stereocenters. The minimum atomic E-state index is -0.353. The smallest absolute Gasteiger partial charge is 0.267 e. The number of aromatic nitrogens is 2. The Balaban J connectivity index is 1.64. The second-order valence-corrected chi connectivity index (χ2v) is 6.00. The summed E-state index contributed by atoms with van der Waals surface area (Å²) in [5.41, 5.74) is 5.06. The van der Waals surface area contributed by atoms with Gasteiger partial charge in [-0.15, -0.1) is 0 Å². The highest BCUT2D eigenvalue weighted by Crippen LogP contribution is 2.14. The van der Waals surface area contributed by atoms with Gasteiger partial charge in [-0.05, 0) is 42.0 Å². The molecule has 0 aliphatic rings. The number of rotatable bonds is 4. The largest absolute Gasteiger partial charge is 0.274 e. The third kappa shape index (κ3) is 4.19. The van der Waals surface area contributed by atoms with Gasteiger partial charge in [0.2, 0.25) is 0 Å². The van der Waals surface area contributed by atoms with E-state index in [2.05, 4.69) is 31.6 Å². The molecular formula is C18H12BrN5O. The van der Waals surface area contributed by atoms with Crippen molar-refractivity contribution in [3.63, 3.8) is 0 Å². The zero-order chi connectivity index (χ0) is 17.6. The first-order chi connectivity index (χ1) is 12.2. The number of amides is 1. The van der Waals surface area contributed by atoms with Crippen molar-refractivity contribution in [2.24, 2.45) is 5.10 Å². The third-order valence-electron chi connectivity index (χ3n) is 3.36. The third-order valence-corrected chi connectivity index (χ3v) is 3.88. The van der Waals surface area contributed by atoms with E-state index in [0.717, 1.165) is 15.7 Å². The molecule has 0 fully saturated rings. The molecular weight excluding hydrogens is 382 g/mol. The predicted octanol–water partition coefficient (Wildman–Crippen LogP) is 3.27. The van der Waals surface area contributed by atoms with Crippen LogP contribution in [0.25, 0.3) is 5.69 Å². The average Bonchev–Trinajstić information content (AvgIpc) is 3.13. The number of nitrogens with one attached hydrogen (secondary N) is 1. The van der Waals surface area contributed by atoms with Crippen LogP contribution in [0, 0.1) is 11.3 Å². The van der Waals surface area contributed by atoms with E-state index in [9.17, 15) is 4.79 Å². The molecule has 3 aromatic rings. The van der Waals surface area contributed by atoms with E-state index < -0.39 is 0 Å². The lowest BCUT2D eigenvalue weighted by Gasteiger charge is -2.00. The molecule has 25 heavy (non-hydrogen) atoms. The molecule has 6 nitrogen and oxygen atoms in total. The van der Waals surface area contributed by atoms with Gasteiger partial charge in [0.25, 0.3) is 5.91 Å². The summed E-state index contributed by atoms with van der Waals surface area (Å²) in [6, 6.07) is 16.5. The fourth-order valence-electron chi connectivity index (χ4n) is 2.05. The number of hydrogen-bond donors (Lipinski definition) is 1. The summed E-state index contributed by atoms with van der Waals surface area (Å²) in [7, 11) is 0. The molecule has 1 amide bonds. The van der Waals surface area contributed by atoms with Gasteiger partial charge < -0.3 is 0 Å². The molecule has 3 rings (SSSR count). The number of carbonyl (C=O) groups is 1. The average molecular weight is 394 g/mol. The summed E-state index contributed by atoms with van der Waals surface area (Å²) < 4.78 is 2.59. The maximum Gasteiger partial charge on any atom is 0.274 e. The Kier molecular flexibility index (Phi) is 5.02. The molecule has 0 saturated heterocycles.